The summed E-state index contributed by atoms with van der Waals surface area (Å²) >= 11 is 0. The van der Waals surface area contributed by atoms with Gasteiger partial charge in [-0.1, -0.05) is 39.5 Å². The highest BCUT2D eigenvalue weighted by Gasteiger charge is 2.15. The van der Waals surface area contributed by atoms with E-state index < -0.39 is 0 Å². The third kappa shape index (κ3) is 6.06. The van der Waals surface area contributed by atoms with E-state index in [9.17, 15) is 4.79 Å². The van der Waals surface area contributed by atoms with E-state index >= 15 is 0 Å². The number of carbonyl (C=O) groups excluding carboxylic acids is 1. The van der Waals surface area contributed by atoms with E-state index in [4.69, 9.17) is 0 Å². The van der Waals surface area contributed by atoms with Gasteiger partial charge in [0.2, 0.25) is 5.91 Å². The summed E-state index contributed by atoms with van der Waals surface area (Å²) in [5.41, 5.74) is 0. The van der Waals surface area contributed by atoms with Gasteiger partial charge < -0.3 is 10.6 Å². The minimum absolute atomic E-state index is 0.173. The lowest BCUT2D eigenvalue weighted by Crippen LogP contribution is -2.43. The highest BCUT2D eigenvalue weighted by molar-refractivity contribution is 5.78. The average molecular weight is 240 g/mol. The van der Waals surface area contributed by atoms with E-state index in [0.29, 0.717) is 18.6 Å². The van der Waals surface area contributed by atoms with Crippen LogP contribution in [0.3, 0.4) is 0 Å². The maximum Gasteiger partial charge on any atom is 0.234 e. The van der Waals surface area contributed by atoms with Gasteiger partial charge in [0, 0.05) is 12.1 Å². The summed E-state index contributed by atoms with van der Waals surface area (Å²) in [6, 6.07) is 0.932. The molecule has 1 atom stereocenters. The summed E-state index contributed by atoms with van der Waals surface area (Å²) in [5, 5.41) is 6.49. The third-order valence-electron chi connectivity index (χ3n) is 3.65. The molecule has 100 valence electrons. The fraction of sp³-hybridized carbons (Fsp3) is 0.929. The monoisotopic (exact) mass is 240 g/mol. The van der Waals surface area contributed by atoms with Crippen LogP contribution < -0.4 is 10.6 Å². The first kappa shape index (κ1) is 14.5. The lowest BCUT2D eigenvalue weighted by Gasteiger charge is -2.23. The number of amides is 1. The second kappa shape index (κ2) is 8.51. The molecule has 2 N–H and O–H groups in total. The van der Waals surface area contributed by atoms with Crippen molar-refractivity contribution in [3.8, 4) is 0 Å². The predicted molar refractivity (Wildman–Crippen MR) is 72.0 cm³/mol. The SMILES string of the molecule is CCCC(CC)NCC(=O)NC1CCCCC1. The average Bonchev–Trinajstić information content (AvgIpc) is 2.35. The lowest BCUT2D eigenvalue weighted by atomic mass is 9.95. The van der Waals surface area contributed by atoms with Crippen molar-refractivity contribution in [1.29, 1.82) is 0 Å². The summed E-state index contributed by atoms with van der Waals surface area (Å²) < 4.78 is 0. The number of rotatable bonds is 7. The second-order valence-corrected chi connectivity index (χ2v) is 5.18. The zero-order valence-corrected chi connectivity index (χ0v) is 11.4. The lowest BCUT2D eigenvalue weighted by molar-refractivity contribution is -0.121. The van der Waals surface area contributed by atoms with Gasteiger partial charge in [0.05, 0.1) is 6.54 Å². The standard InChI is InChI=1S/C14H28N2O/c1-3-8-12(4-2)15-11-14(17)16-13-9-6-5-7-10-13/h12-13,15H,3-11H2,1-2H3,(H,16,17). The molecule has 0 aliphatic heterocycles. The third-order valence-corrected chi connectivity index (χ3v) is 3.65. The zero-order chi connectivity index (χ0) is 12.5. The van der Waals surface area contributed by atoms with Gasteiger partial charge in [0.1, 0.15) is 0 Å². The van der Waals surface area contributed by atoms with Crippen molar-refractivity contribution in [2.75, 3.05) is 6.54 Å². The fourth-order valence-electron chi connectivity index (χ4n) is 2.56. The van der Waals surface area contributed by atoms with Crippen LogP contribution in [0.25, 0.3) is 0 Å². The van der Waals surface area contributed by atoms with Crippen LogP contribution in [-0.4, -0.2) is 24.5 Å². The molecule has 1 aliphatic carbocycles. The van der Waals surface area contributed by atoms with Crippen LogP contribution in [0.5, 0.6) is 0 Å². The van der Waals surface area contributed by atoms with Crippen LogP contribution in [0.1, 0.15) is 65.2 Å². The van der Waals surface area contributed by atoms with Crippen LogP contribution in [0.4, 0.5) is 0 Å². The summed E-state index contributed by atoms with van der Waals surface area (Å²) in [6.07, 6.45) is 9.64. The molecule has 0 saturated heterocycles. The largest absolute Gasteiger partial charge is 0.352 e. The van der Waals surface area contributed by atoms with Gasteiger partial charge in [-0.2, -0.15) is 0 Å². The Bertz CT molecular complexity index is 212. The Morgan fingerprint density at radius 2 is 1.94 bits per heavy atom. The Balaban J connectivity index is 2.14. The van der Waals surface area contributed by atoms with Crippen molar-refractivity contribution in [3.63, 3.8) is 0 Å². The summed E-state index contributed by atoms with van der Waals surface area (Å²) in [7, 11) is 0. The topological polar surface area (TPSA) is 41.1 Å². The molecule has 3 nitrogen and oxygen atoms in total. The minimum atomic E-state index is 0.173. The molecular weight excluding hydrogens is 212 g/mol. The van der Waals surface area contributed by atoms with E-state index in [-0.39, 0.29) is 5.91 Å². The summed E-state index contributed by atoms with van der Waals surface area (Å²) in [4.78, 5) is 11.8. The Kier molecular flexibility index (Phi) is 7.25. The first-order chi connectivity index (χ1) is 8.26. The molecule has 0 aromatic rings. The molecule has 17 heavy (non-hydrogen) atoms. The van der Waals surface area contributed by atoms with Crippen molar-refractivity contribution in [2.45, 2.75) is 77.3 Å². The van der Waals surface area contributed by atoms with E-state index in [0.717, 1.165) is 25.7 Å². The fourth-order valence-corrected chi connectivity index (χ4v) is 2.56. The predicted octanol–water partition coefficient (Wildman–Crippen LogP) is 2.60. The molecule has 0 bridgehead atoms. The number of hydrogen-bond acceptors (Lipinski definition) is 2. The van der Waals surface area contributed by atoms with Gasteiger partial charge in [-0.25, -0.2) is 0 Å². The molecule has 1 amide bonds. The molecule has 1 saturated carbocycles. The van der Waals surface area contributed by atoms with Crippen molar-refractivity contribution in [2.24, 2.45) is 0 Å². The summed E-state index contributed by atoms with van der Waals surface area (Å²) in [5.74, 6) is 0.173. The van der Waals surface area contributed by atoms with Crippen LogP contribution in [0.2, 0.25) is 0 Å². The highest BCUT2D eigenvalue weighted by atomic mass is 16.1. The second-order valence-electron chi connectivity index (χ2n) is 5.18. The maximum atomic E-state index is 11.8. The van der Waals surface area contributed by atoms with Crippen molar-refractivity contribution < 1.29 is 4.79 Å². The molecule has 1 aliphatic rings. The van der Waals surface area contributed by atoms with Crippen LogP contribution in [-0.2, 0) is 4.79 Å². The molecule has 0 aromatic carbocycles. The van der Waals surface area contributed by atoms with Crippen molar-refractivity contribution in [3.05, 3.63) is 0 Å². The van der Waals surface area contributed by atoms with E-state index in [1.54, 1.807) is 0 Å². The van der Waals surface area contributed by atoms with Gasteiger partial charge in [-0.15, -0.1) is 0 Å². The molecule has 1 unspecified atom stereocenters. The van der Waals surface area contributed by atoms with Crippen LogP contribution in [0, 0.1) is 0 Å². The van der Waals surface area contributed by atoms with Crippen molar-refractivity contribution >= 4 is 5.91 Å². The smallest absolute Gasteiger partial charge is 0.234 e. The molecule has 1 fully saturated rings. The molecule has 3 heteroatoms. The first-order valence-electron chi connectivity index (χ1n) is 7.29. The van der Waals surface area contributed by atoms with Gasteiger partial charge in [-0.3, -0.25) is 4.79 Å². The number of hydrogen-bond donors (Lipinski definition) is 2. The highest BCUT2D eigenvalue weighted by Crippen LogP contribution is 2.17. The molecule has 0 radical (unpaired) electrons. The maximum absolute atomic E-state index is 11.8. The number of nitrogens with one attached hydrogen (secondary N) is 2. The van der Waals surface area contributed by atoms with Gasteiger partial charge in [-0.05, 0) is 25.7 Å². The summed E-state index contributed by atoms with van der Waals surface area (Å²) in [6.45, 7) is 4.84. The quantitative estimate of drug-likeness (QED) is 0.718. The molecule has 0 heterocycles. The molecule has 0 spiro atoms. The molecule has 1 rings (SSSR count). The van der Waals surface area contributed by atoms with E-state index in [1.807, 2.05) is 0 Å². The van der Waals surface area contributed by atoms with Crippen molar-refractivity contribution in [1.82, 2.24) is 10.6 Å². The van der Waals surface area contributed by atoms with Crippen LogP contribution in [0.15, 0.2) is 0 Å². The van der Waals surface area contributed by atoms with E-state index in [2.05, 4.69) is 24.5 Å². The number of carbonyl (C=O) groups is 1. The Morgan fingerprint density at radius 3 is 2.53 bits per heavy atom. The Morgan fingerprint density at radius 1 is 1.24 bits per heavy atom. The molecular formula is C14H28N2O. The first-order valence-corrected chi connectivity index (χ1v) is 7.29. The van der Waals surface area contributed by atoms with Gasteiger partial charge in [0.15, 0.2) is 0 Å². The van der Waals surface area contributed by atoms with Crippen LogP contribution >= 0.6 is 0 Å². The Hall–Kier alpha value is -0.570. The van der Waals surface area contributed by atoms with E-state index in [1.165, 1.54) is 25.7 Å². The van der Waals surface area contributed by atoms with Gasteiger partial charge in [0.25, 0.3) is 0 Å². The zero-order valence-electron chi connectivity index (χ0n) is 11.4. The Labute approximate surface area is 106 Å². The minimum Gasteiger partial charge on any atom is -0.352 e. The molecule has 0 aromatic heterocycles. The normalized spacial score (nSPS) is 18.9. The van der Waals surface area contributed by atoms with Gasteiger partial charge >= 0.3 is 0 Å².